The zero-order valence-corrected chi connectivity index (χ0v) is 13.1. The average molecular weight is 344 g/mol. The van der Waals surface area contributed by atoms with Crippen molar-refractivity contribution in [2.75, 3.05) is 44.3 Å². The third-order valence-electron chi connectivity index (χ3n) is 4.31. The summed E-state index contributed by atoms with van der Waals surface area (Å²) in [5, 5.41) is 0. The number of hydrogen-bond acceptors (Lipinski definition) is 5. The van der Waals surface area contributed by atoms with Crippen LogP contribution >= 0.6 is 0 Å². The predicted octanol–water partition coefficient (Wildman–Crippen LogP) is 1.57. The number of ether oxygens (including phenoxy) is 1. The van der Waals surface area contributed by atoms with E-state index >= 15 is 0 Å². The molecule has 0 aliphatic carbocycles. The minimum absolute atomic E-state index is 0.0318. The molecule has 0 aromatic carbocycles. The van der Waals surface area contributed by atoms with E-state index in [0.29, 0.717) is 39.4 Å². The smallest absolute Gasteiger partial charge is 0.378 e. The summed E-state index contributed by atoms with van der Waals surface area (Å²) < 4.78 is 43.6. The highest BCUT2D eigenvalue weighted by Crippen LogP contribution is 2.29. The summed E-state index contributed by atoms with van der Waals surface area (Å²) in [6.07, 6.45) is -1.94. The Labute approximate surface area is 137 Å². The topological polar surface area (TPSA) is 58.6 Å². The second kappa shape index (κ2) is 6.92. The number of amides is 1. The van der Waals surface area contributed by atoms with E-state index in [2.05, 4.69) is 9.97 Å². The molecule has 0 saturated carbocycles. The van der Waals surface area contributed by atoms with Gasteiger partial charge in [-0.25, -0.2) is 9.97 Å². The van der Waals surface area contributed by atoms with Crippen LogP contribution in [0.5, 0.6) is 0 Å². The number of piperidine rings is 1. The molecule has 0 N–H and O–H groups in total. The standard InChI is InChI=1S/C15H19F3N4O2/c16-15(17,18)12-3-4-19-14(20-12)22-5-1-2-11(10-22)13(23)21-6-8-24-9-7-21/h3-4,11H,1-2,5-10H2. The first kappa shape index (κ1) is 16.9. The van der Waals surface area contributed by atoms with Gasteiger partial charge in [0.15, 0.2) is 0 Å². The van der Waals surface area contributed by atoms with Gasteiger partial charge in [0, 0.05) is 32.4 Å². The number of aromatic nitrogens is 2. The maximum atomic E-state index is 12.8. The van der Waals surface area contributed by atoms with Crippen LogP contribution in [-0.2, 0) is 15.7 Å². The molecule has 1 amide bonds. The quantitative estimate of drug-likeness (QED) is 0.815. The number of nitrogens with zero attached hydrogens (tertiary/aromatic N) is 4. The molecule has 24 heavy (non-hydrogen) atoms. The van der Waals surface area contributed by atoms with E-state index in [1.165, 1.54) is 0 Å². The molecule has 6 nitrogen and oxygen atoms in total. The molecule has 2 fully saturated rings. The normalized spacial score (nSPS) is 22.5. The number of alkyl halides is 3. The largest absolute Gasteiger partial charge is 0.433 e. The van der Waals surface area contributed by atoms with Crippen LogP contribution in [0.25, 0.3) is 0 Å². The first-order chi connectivity index (χ1) is 11.4. The van der Waals surface area contributed by atoms with Gasteiger partial charge in [0.1, 0.15) is 5.69 Å². The maximum absolute atomic E-state index is 12.8. The summed E-state index contributed by atoms with van der Waals surface area (Å²) in [4.78, 5) is 23.6. The van der Waals surface area contributed by atoms with Crippen molar-refractivity contribution >= 4 is 11.9 Å². The van der Waals surface area contributed by atoms with Crippen molar-refractivity contribution < 1.29 is 22.7 Å². The fourth-order valence-corrected chi connectivity index (χ4v) is 3.06. The SMILES string of the molecule is O=C(C1CCCN(c2nccc(C(F)(F)F)n2)C1)N1CCOCC1. The molecule has 3 rings (SSSR count). The third-order valence-corrected chi connectivity index (χ3v) is 4.31. The van der Waals surface area contributed by atoms with E-state index in [1.54, 1.807) is 9.80 Å². The Hall–Kier alpha value is -1.90. The molecule has 2 saturated heterocycles. The zero-order valence-electron chi connectivity index (χ0n) is 13.1. The third kappa shape index (κ3) is 3.77. The van der Waals surface area contributed by atoms with Gasteiger partial charge in [0.2, 0.25) is 11.9 Å². The number of hydrogen-bond donors (Lipinski definition) is 0. The van der Waals surface area contributed by atoms with Crippen LogP contribution in [-0.4, -0.2) is 60.2 Å². The monoisotopic (exact) mass is 344 g/mol. The molecule has 2 aliphatic rings. The van der Waals surface area contributed by atoms with Crippen molar-refractivity contribution in [1.29, 1.82) is 0 Å². The molecule has 3 heterocycles. The number of anilines is 1. The van der Waals surface area contributed by atoms with E-state index in [4.69, 9.17) is 4.74 Å². The molecule has 1 aromatic rings. The second-order valence-corrected chi connectivity index (χ2v) is 5.96. The Bertz CT molecular complexity index is 590. The highest BCUT2D eigenvalue weighted by molar-refractivity contribution is 5.79. The van der Waals surface area contributed by atoms with Crippen LogP contribution < -0.4 is 4.90 Å². The summed E-state index contributed by atoms with van der Waals surface area (Å²) in [7, 11) is 0. The number of morpholine rings is 1. The van der Waals surface area contributed by atoms with Crippen molar-refractivity contribution in [2.24, 2.45) is 5.92 Å². The van der Waals surface area contributed by atoms with Gasteiger partial charge in [-0.2, -0.15) is 13.2 Å². The molecular weight excluding hydrogens is 325 g/mol. The molecule has 0 radical (unpaired) electrons. The van der Waals surface area contributed by atoms with Crippen LogP contribution in [0.1, 0.15) is 18.5 Å². The lowest BCUT2D eigenvalue weighted by atomic mass is 9.96. The predicted molar refractivity (Wildman–Crippen MR) is 79.4 cm³/mol. The summed E-state index contributed by atoms with van der Waals surface area (Å²) in [6.45, 7) is 3.08. The van der Waals surface area contributed by atoms with Crippen molar-refractivity contribution in [3.63, 3.8) is 0 Å². The maximum Gasteiger partial charge on any atom is 0.433 e. The second-order valence-electron chi connectivity index (χ2n) is 5.96. The fraction of sp³-hybridized carbons (Fsp3) is 0.667. The summed E-state index contributed by atoms with van der Waals surface area (Å²) in [5.74, 6) is -0.172. The van der Waals surface area contributed by atoms with Gasteiger partial charge in [-0.3, -0.25) is 4.79 Å². The van der Waals surface area contributed by atoms with E-state index in [9.17, 15) is 18.0 Å². The number of carbonyl (C=O) groups excluding carboxylic acids is 1. The van der Waals surface area contributed by atoms with E-state index in [1.807, 2.05) is 0 Å². The molecule has 132 valence electrons. The lowest BCUT2D eigenvalue weighted by Crippen LogP contribution is -2.48. The van der Waals surface area contributed by atoms with Gasteiger partial charge >= 0.3 is 6.18 Å². The van der Waals surface area contributed by atoms with Gasteiger partial charge in [-0.15, -0.1) is 0 Å². The van der Waals surface area contributed by atoms with Gasteiger partial charge in [0.05, 0.1) is 19.1 Å². The average Bonchev–Trinajstić information content (AvgIpc) is 2.61. The molecular formula is C15H19F3N4O2. The van der Waals surface area contributed by atoms with Crippen LogP contribution in [0.15, 0.2) is 12.3 Å². The van der Waals surface area contributed by atoms with Crippen LogP contribution in [0.2, 0.25) is 0 Å². The van der Waals surface area contributed by atoms with Gasteiger partial charge in [-0.1, -0.05) is 0 Å². The van der Waals surface area contributed by atoms with Crippen molar-refractivity contribution in [2.45, 2.75) is 19.0 Å². The number of rotatable bonds is 2. The summed E-state index contributed by atoms with van der Waals surface area (Å²) in [5.41, 5.74) is -0.964. The van der Waals surface area contributed by atoms with E-state index in [0.717, 1.165) is 25.1 Å². The van der Waals surface area contributed by atoms with Gasteiger partial charge in [-0.05, 0) is 18.9 Å². The molecule has 1 atom stereocenters. The minimum atomic E-state index is -4.50. The molecule has 9 heteroatoms. The molecule has 0 bridgehead atoms. The molecule has 1 unspecified atom stereocenters. The highest BCUT2D eigenvalue weighted by Gasteiger charge is 2.35. The van der Waals surface area contributed by atoms with Gasteiger partial charge < -0.3 is 14.5 Å². The van der Waals surface area contributed by atoms with Gasteiger partial charge in [0.25, 0.3) is 0 Å². The Kier molecular flexibility index (Phi) is 4.88. The van der Waals surface area contributed by atoms with Crippen molar-refractivity contribution in [3.8, 4) is 0 Å². The van der Waals surface area contributed by atoms with Crippen LogP contribution in [0.4, 0.5) is 19.1 Å². The van der Waals surface area contributed by atoms with E-state index in [-0.39, 0.29) is 17.8 Å². The lowest BCUT2D eigenvalue weighted by molar-refractivity contribution is -0.141. The Morgan fingerprint density at radius 1 is 1.25 bits per heavy atom. The summed E-state index contributed by atoms with van der Waals surface area (Å²) >= 11 is 0. The minimum Gasteiger partial charge on any atom is -0.378 e. The first-order valence-corrected chi connectivity index (χ1v) is 7.97. The Balaban J connectivity index is 1.70. The van der Waals surface area contributed by atoms with Crippen molar-refractivity contribution in [1.82, 2.24) is 14.9 Å². The van der Waals surface area contributed by atoms with E-state index < -0.39 is 11.9 Å². The molecule has 2 aliphatic heterocycles. The Morgan fingerprint density at radius 2 is 2.00 bits per heavy atom. The first-order valence-electron chi connectivity index (χ1n) is 7.97. The molecule has 1 aromatic heterocycles. The lowest BCUT2D eigenvalue weighted by Gasteiger charge is -2.36. The van der Waals surface area contributed by atoms with Crippen LogP contribution in [0, 0.1) is 5.92 Å². The van der Waals surface area contributed by atoms with Crippen LogP contribution in [0.3, 0.4) is 0 Å². The fourth-order valence-electron chi connectivity index (χ4n) is 3.06. The van der Waals surface area contributed by atoms with Crippen molar-refractivity contribution in [3.05, 3.63) is 18.0 Å². The number of carbonyl (C=O) groups is 1. The summed E-state index contributed by atoms with van der Waals surface area (Å²) in [6, 6.07) is 0.851. The zero-order chi connectivity index (χ0) is 17.2. The Morgan fingerprint density at radius 3 is 2.71 bits per heavy atom. The number of halogens is 3. The molecule has 0 spiro atoms. The highest BCUT2D eigenvalue weighted by atomic mass is 19.4.